The molecule has 1 aliphatic rings. The van der Waals surface area contributed by atoms with Crippen molar-refractivity contribution in [3.05, 3.63) is 72.1 Å². The molecule has 0 fully saturated rings. The summed E-state index contributed by atoms with van der Waals surface area (Å²) >= 11 is 0. The molecule has 122 valence electrons. The van der Waals surface area contributed by atoms with Gasteiger partial charge in [0.25, 0.3) is 5.91 Å². The van der Waals surface area contributed by atoms with Gasteiger partial charge in [0.05, 0.1) is 11.4 Å². The second-order valence-corrected chi connectivity index (χ2v) is 5.66. The Balaban J connectivity index is 1.91. The number of halogens is 1. The summed E-state index contributed by atoms with van der Waals surface area (Å²) < 4.78 is 13.1. The SMILES string of the molecule is CC(=O)Nc1ccccc1N1CC(c2ccc(F)cc2)C=CC1=O. The number of hydrogen-bond acceptors (Lipinski definition) is 2. The maximum absolute atomic E-state index is 13.1. The molecule has 2 aromatic rings. The maximum Gasteiger partial charge on any atom is 0.250 e. The van der Waals surface area contributed by atoms with Crippen LogP contribution in [-0.4, -0.2) is 18.4 Å². The number of benzene rings is 2. The fourth-order valence-corrected chi connectivity index (χ4v) is 2.78. The van der Waals surface area contributed by atoms with Crippen molar-refractivity contribution >= 4 is 23.2 Å². The predicted octanol–water partition coefficient (Wildman–Crippen LogP) is 3.47. The molecule has 0 spiro atoms. The van der Waals surface area contributed by atoms with Gasteiger partial charge in [0.1, 0.15) is 5.82 Å². The van der Waals surface area contributed by atoms with Gasteiger partial charge in [0.2, 0.25) is 5.91 Å². The molecule has 0 aromatic heterocycles. The first-order valence-electron chi connectivity index (χ1n) is 7.66. The molecule has 1 atom stereocenters. The molecule has 0 bridgehead atoms. The average Bonchev–Trinajstić information content (AvgIpc) is 2.56. The van der Waals surface area contributed by atoms with Gasteiger partial charge in [-0.3, -0.25) is 9.59 Å². The second-order valence-electron chi connectivity index (χ2n) is 5.66. The van der Waals surface area contributed by atoms with Crippen LogP contribution in [0.4, 0.5) is 15.8 Å². The van der Waals surface area contributed by atoms with Gasteiger partial charge in [-0.25, -0.2) is 4.39 Å². The Kier molecular flexibility index (Phi) is 4.42. The number of carbonyl (C=O) groups is 2. The van der Waals surface area contributed by atoms with Crippen molar-refractivity contribution in [2.24, 2.45) is 0 Å². The zero-order valence-electron chi connectivity index (χ0n) is 13.2. The predicted molar refractivity (Wildman–Crippen MR) is 91.4 cm³/mol. The normalized spacial score (nSPS) is 17.0. The summed E-state index contributed by atoms with van der Waals surface area (Å²) in [5, 5.41) is 2.75. The minimum absolute atomic E-state index is 0.0336. The Morgan fingerprint density at radius 1 is 1.17 bits per heavy atom. The van der Waals surface area contributed by atoms with Gasteiger partial charge in [-0.05, 0) is 29.8 Å². The van der Waals surface area contributed by atoms with Crippen LogP contribution in [0.2, 0.25) is 0 Å². The molecule has 4 nitrogen and oxygen atoms in total. The monoisotopic (exact) mass is 324 g/mol. The lowest BCUT2D eigenvalue weighted by Gasteiger charge is -2.30. The summed E-state index contributed by atoms with van der Waals surface area (Å²) in [6, 6.07) is 13.4. The van der Waals surface area contributed by atoms with Crippen molar-refractivity contribution in [3.63, 3.8) is 0 Å². The van der Waals surface area contributed by atoms with Gasteiger partial charge in [0, 0.05) is 25.5 Å². The Bertz CT molecular complexity index is 799. The summed E-state index contributed by atoms with van der Waals surface area (Å²) in [7, 11) is 0. The number of nitrogens with zero attached hydrogens (tertiary/aromatic N) is 1. The zero-order chi connectivity index (χ0) is 17.1. The highest BCUT2D eigenvalue weighted by atomic mass is 19.1. The third-order valence-electron chi connectivity index (χ3n) is 3.92. The second kappa shape index (κ2) is 6.66. The molecular weight excluding hydrogens is 307 g/mol. The van der Waals surface area contributed by atoms with Gasteiger partial charge < -0.3 is 10.2 Å². The van der Waals surface area contributed by atoms with Crippen LogP contribution in [0.5, 0.6) is 0 Å². The Morgan fingerprint density at radius 3 is 2.58 bits per heavy atom. The van der Waals surface area contributed by atoms with Crippen LogP contribution in [0.1, 0.15) is 18.4 Å². The Labute approximate surface area is 139 Å². The summed E-state index contributed by atoms with van der Waals surface area (Å²) in [6.07, 6.45) is 3.34. The van der Waals surface area contributed by atoms with E-state index in [1.165, 1.54) is 25.1 Å². The van der Waals surface area contributed by atoms with E-state index >= 15 is 0 Å². The van der Waals surface area contributed by atoms with Gasteiger partial charge in [-0.2, -0.15) is 0 Å². The molecule has 0 saturated heterocycles. The van der Waals surface area contributed by atoms with Crippen molar-refractivity contribution in [1.82, 2.24) is 0 Å². The molecule has 2 amide bonds. The van der Waals surface area contributed by atoms with Gasteiger partial charge in [-0.1, -0.05) is 30.3 Å². The van der Waals surface area contributed by atoms with E-state index in [1.54, 1.807) is 35.2 Å². The lowest BCUT2D eigenvalue weighted by molar-refractivity contribution is -0.115. The van der Waals surface area contributed by atoms with E-state index in [1.807, 2.05) is 12.1 Å². The smallest absolute Gasteiger partial charge is 0.250 e. The molecular formula is C19H17FN2O2. The van der Waals surface area contributed by atoms with E-state index in [4.69, 9.17) is 0 Å². The number of rotatable bonds is 3. The molecule has 1 N–H and O–H groups in total. The van der Waals surface area contributed by atoms with Gasteiger partial charge in [-0.15, -0.1) is 0 Å². The summed E-state index contributed by atoms with van der Waals surface area (Å²) in [5.41, 5.74) is 2.17. The third-order valence-corrected chi connectivity index (χ3v) is 3.92. The molecule has 0 radical (unpaired) electrons. The molecule has 3 rings (SSSR count). The first-order chi connectivity index (χ1) is 11.5. The number of carbonyl (C=O) groups excluding carboxylic acids is 2. The Hall–Kier alpha value is -2.95. The number of para-hydroxylation sites is 2. The minimum Gasteiger partial charge on any atom is -0.325 e. The van der Waals surface area contributed by atoms with Crippen LogP contribution in [0.15, 0.2) is 60.7 Å². The summed E-state index contributed by atoms with van der Waals surface area (Å²) in [4.78, 5) is 25.3. The largest absolute Gasteiger partial charge is 0.325 e. The number of anilines is 2. The van der Waals surface area contributed by atoms with Crippen molar-refractivity contribution in [1.29, 1.82) is 0 Å². The van der Waals surface area contributed by atoms with Crippen molar-refractivity contribution in [2.75, 3.05) is 16.8 Å². The van der Waals surface area contributed by atoms with Gasteiger partial charge in [0.15, 0.2) is 0 Å². The fraction of sp³-hybridized carbons (Fsp3) is 0.158. The molecule has 0 aliphatic carbocycles. The molecule has 1 aliphatic heterocycles. The first-order valence-corrected chi connectivity index (χ1v) is 7.66. The molecule has 1 unspecified atom stereocenters. The summed E-state index contributed by atoms with van der Waals surface area (Å²) in [5.74, 6) is -0.667. The number of amides is 2. The average molecular weight is 324 g/mol. The van der Waals surface area contributed by atoms with Crippen LogP contribution in [0.3, 0.4) is 0 Å². The minimum atomic E-state index is -0.289. The zero-order valence-corrected chi connectivity index (χ0v) is 13.2. The quantitative estimate of drug-likeness (QED) is 0.940. The lowest BCUT2D eigenvalue weighted by atomic mass is 9.95. The topological polar surface area (TPSA) is 49.4 Å². The van der Waals surface area contributed by atoms with Crippen LogP contribution >= 0.6 is 0 Å². The van der Waals surface area contributed by atoms with Crippen molar-refractivity contribution in [3.8, 4) is 0 Å². The van der Waals surface area contributed by atoms with E-state index < -0.39 is 0 Å². The van der Waals surface area contributed by atoms with E-state index in [0.29, 0.717) is 17.9 Å². The van der Waals surface area contributed by atoms with Crippen LogP contribution < -0.4 is 10.2 Å². The highest BCUT2D eigenvalue weighted by Crippen LogP contribution is 2.31. The Morgan fingerprint density at radius 2 is 1.88 bits per heavy atom. The van der Waals surface area contributed by atoms with E-state index in [9.17, 15) is 14.0 Å². The highest BCUT2D eigenvalue weighted by Gasteiger charge is 2.25. The van der Waals surface area contributed by atoms with E-state index in [0.717, 1.165) is 5.56 Å². The molecule has 0 saturated carbocycles. The van der Waals surface area contributed by atoms with E-state index in [2.05, 4.69) is 5.32 Å². The van der Waals surface area contributed by atoms with Crippen molar-refractivity contribution in [2.45, 2.75) is 12.8 Å². The van der Waals surface area contributed by atoms with E-state index in [-0.39, 0.29) is 23.5 Å². The van der Waals surface area contributed by atoms with Crippen LogP contribution in [0, 0.1) is 5.82 Å². The van der Waals surface area contributed by atoms with Crippen molar-refractivity contribution < 1.29 is 14.0 Å². The molecule has 5 heteroatoms. The highest BCUT2D eigenvalue weighted by molar-refractivity contribution is 6.06. The standard InChI is InChI=1S/C19H17FN2O2/c1-13(23)21-17-4-2-3-5-18(17)22-12-15(8-11-19(22)24)14-6-9-16(20)10-7-14/h2-11,15H,12H2,1H3,(H,21,23). The summed E-state index contributed by atoms with van der Waals surface area (Å²) in [6.45, 7) is 1.85. The fourth-order valence-electron chi connectivity index (χ4n) is 2.78. The van der Waals surface area contributed by atoms with Crippen LogP contribution in [-0.2, 0) is 9.59 Å². The number of hydrogen-bond donors (Lipinski definition) is 1. The molecule has 1 heterocycles. The molecule has 24 heavy (non-hydrogen) atoms. The maximum atomic E-state index is 13.1. The third kappa shape index (κ3) is 3.35. The van der Waals surface area contributed by atoms with Crippen LogP contribution in [0.25, 0.3) is 0 Å². The molecule has 2 aromatic carbocycles. The first kappa shape index (κ1) is 15.9. The lowest BCUT2D eigenvalue weighted by Crippen LogP contribution is -2.36. The van der Waals surface area contributed by atoms with Gasteiger partial charge >= 0.3 is 0 Å². The number of nitrogens with one attached hydrogen (secondary N) is 1.